The highest BCUT2D eigenvalue weighted by molar-refractivity contribution is 5.89. The van der Waals surface area contributed by atoms with E-state index in [1.165, 1.54) is 33.2 Å². The number of nitrogens with zero attached hydrogens (tertiary/aromatic N) is 2. The van der Waals surface area contributed by atoms with Crippen molar-refractivity contribution in [3.8, 4) is 27.9 Å². The van der Waals surface area contributed by atoms with Crippen LogP contribution in [0.1, 0.15) is 0 Å². The average molecular weight is 513 g/mol. The van der Waals surface area contributed by atoms with Crippen LogP contribution in [0.4, 0.5) is 17.1 Å². The Morgan fingerprint density at radius 1 is 0.375 bits per heavy atom. The molecule has 2 nitrogen and oxygen atoms in total. The minimum Gasteiger partial charge on any atom is -0.317 e. The van der Waals surface area contributed by atoms with E-state index in [2.05, 4.69) is 179 Å². The second kappa shape index (κ2) is 10.4. The Hall–Kier alpha value is -5.34. The highest BCUT2D eigenvalue weighted by atomic mass is 15.1. The first kappa shape index (κ1) is 23.8. The maximum Gasteiger partial charge on any atom is 0.0529 e. The second-order valence-corrected chi connectivity index (χ2v) is 9.93. The maximum absolute atomic E-state index is 2.34. The monoisotopic (exact) mass is 512 g/mol. The Bertz CT molecular complexity index is 1770. The third-order valence-electron chi connectivity index (χ3n) is 7.43. The summed E-state index contributed by atoms with van der Waals surface area (Å²) in [7, 11) is 0. The summed E-state index contributed by atoms with van der Waals surface area (Å²) in [5.41, 5.74) is 10.6. The fraction of sp³-hybridized carbons (Fsp3) is 0. The van der Waals surface area contributed by atoms with Gasteiger partial charge in [0.1, 0.15) is 0 Å². The summed E-state index contributed by atoms with van der Waals surface area (Å²) in [6.07, 6.45) is 2.15. The summed E-state index contributed by atoms with van der Waals surface area (Å²) in [5, 5.41) is 1.20. The number of fused-ring (bicyclic) bond motifs is 1. The highest BCUT2D eigenvalue weighted by Gasteiger charge is 2.15. The number of para-hydroxylation sites is 1. The zero-order valence-electron chi connectivity index (χ0n) is 22.1. The summed E-state index contributed by atoms with van der Waals surface area (Å²) >= 11 is 0. The smallest absolute Gasteiger partial charge is 0.0529 e. The standard InChI is InChI=1S/C38H28N2/c1-4-10-29(11-5-1)31-16-20-35(21-17-31)40(36-22-18-32(19-23-36)30-12-6-2-7-13-30)37-24-25-38-33(28-37)26-27-39(38)34-14-8-3-9-15-34/h1-28H. The summed E-state index contributed by atoms with van der Waals surface area (Å²) in [6, 6.07) is 58.2. The van der Waals surface area contributed by atoms with Crippen LogP contribution >= 0.6 is 0 Å². The first-order valence-corrected chi connectivity index (χ1v) is 13.6. The molecule has 190 valence electrons. The van der Waals surface area contributed by atoms with Gasteiger partial charge in [0.05, 0.1) is 5.52 Å². The topological polar surface area (TPSA) is 8.17 Å². The van der Waals surface area contributed by atoms with Crippen LogP contribution in [-0.4, -0.2) is 4.57 Å². The molecule has 7 rings (SSSR count). The molecule has 0 N–H and O–H groups in total. The number of aromatic nitrogens is 1. The molecule has 0 spiro atoms. The quantitative estimate of drug-likeness (QED) is 0.215. The van der Waals surface area contributed by atoms with Crippen LogP contribution in [0.3, 0.4) is 0 Å². The predicted molar refractivity (Wildman–Crippen MR) is 169 cm³/mol. The molecule has 1 aromatic heterocycles. The molecule has 0 atom stereocenters. The van der Waals surface area contributed by atoms with Crippen molar-refractivity contribution in [2.45, 2.75) is 0 Å². The molecular formula is C38H28N2. The third-order valence-corrected chi connectivity index (χ3v) is 7.43. The molecule has 0 bridgehead atoms. The molecule has 0 saturated heterocycles. The minimum absolute atomic E-state index is 1.12. The molecule has 0 saturated carbocycles. The first-order chi connectivity index (χ1) is 19.8. The summed E-state index contributed by atoms with van der Waals surface area (Å²) < 4.78 is 2.24. The van der Waals surface area contributed by atoms with E-state index in [1.807, 2.05) is 0 Å². The normalized spacial score (nSPS) is 11.0. The Kier molecular flexibility index (Phi) is 6.20. The maximum atomic E-state index is 2.34. The van der Waals surface area contributed by atoms with Crippen molar-refractivity contribution in [2.75, 3.05) is 4.90 Å². The van der Waals surface area contributed by atoms with Crippen molar-refractivity contribution in [3.63, 3.8) is 0 Å². The number of anilines is 3. The van der Waals surface area contributed by atoms with Gasteiger partial charge in [-0.05, 0) is 82.9 Å². The van der Waals surface area contributed by atoms with Crippen LogP contribution in [0.15, 0.2) is 170 Å². The number of benzene rings is 6. The lowest BCUT2D eigenvalue weighted by molar-refractivity contribution is 1.13. The van der Waals surface area contributed by atoms with Gasteiger partial charge >= 0.3 is 0 Å². The van der Waals surface area contributed by atoms with Crippen molar-refractivity contribution in [2.24, 2.45) is 0 Å². The van der Waals surface area contributed by atoms with E-state index in [0.29, 0.717) is 0 Å². The van der Waals surface area contributed by atoms with E-state index in [4.69, 9.17) is 0 Å². The average Bonchev–Trinajstić information content (AvgIpc) is 3.47. The van der Waals surface area contributed by atoms with E-state index in [-0.39, 0.29) is 0 Å². The van der Waals surface area contributed by atoms with Crippen LogP contribution in [-0.2, 0) is 0 Å². The van der Waals surface area contributed by atoms with Gasteiger partial charge in [0.25, 0.3) is 0 Å². The van der Waals surface area contributed by atoms with E-state index >= 15 is 0 Å². The zero-order chi connectivity index (χ0) is 26.7. The van der Waals surface area contributed by atoms with Gasteiger partial charge in [0.15, 0.2) is 0 Å². The van der Waals surface area contributed by atoms with Crippen LogP contribution in [0.25, 0.3) is 38.8 Å². The van der Waals surface area contributed by atoms with E-state index < -0.39 is 0 Å². The molecule has 0 radical (unpaired) electrons. The molecule has 0 amide bonds. The Morgan fingerprint density at radius 3 is 1.35 bits per heavy atom. The second-order valence-electron chi connectivity index (χ2n) is 9.93. The van der Waals surface area contributed by atoms with Gasteiger partial charge in [-0.15, -0.1) is 0 Å². The Morgan fingerprint density at radius 2 is 0.825 bits per heavy atom. The first-order valence-electron chi connectivity index (χ1n) is 13.6. The summed E-state index contributed by atoms with van der Waals surface area (Å²) in [4.78, 5) is 2.34. The number of hydrogen-bond donors (Lipinski definition) is 0. The van der Waals surface area contributed by atoms with Crippen molar-refractivity contribution < 1.29 is 0 Å². The highest BCUT2D eigenvalue weighted by Crippen LogP contribution is 2.38. The lowest BCUT2D eigenvalue weighted by Crippen LogP contribution is -2.09. The largest absolute Gasteiger partial charge is 0.317 e. The van der Waals surface area contributed by atoms with Gasteiger partial charge in [-0.25, -0.2) is 0 Å². The lowest BCUT2D eigenvalue weighted by atomic mass is 10.0. The predicted octanol–water partition coefficient (Wildman–Crippen LogP) is 10.4. The van der Waals surface area contributed by atoms with Crippen molar-refractivity contribution in [1.29, 1.82) is 0 Å². The molecular weight excluding hydrogens is 484 g/mol. The van der Waals surface area contributed by atoms with Crippen LogP contribution in [0, 0.1) is 0 Å². The molecule has 0 aliphatic heterocycles. The van der Waals surface area contributed by atoms with E-state index in [0.717, 1.165) is 22.7 Å². The molecule has 0 fully saturated rings. The summed E-state index contributed by atoms with van der Waals surface area (Å²) in [5.74, 6) is 0. The fourth-order valence-electron chi connectivity index (χ4n) is 5.40. The molecule has 40 heavy (non-hydrogen) atoms. The Labute approximate surface area is 235 Å². The van der Waals surface area contributed by atoms with Crippen LogP contribution in [0.5, 0.6) is 0 Å². The Balaban J connectivity index is 1.31. The molecule has 0 unspecified atom stereocenters. The van der Waals surface area contributed by atoms with E-state index in [9.17, 15) is 0 Å². The van der Waals surface area contributed by atoms with Crippen LogP contribution in [0.2, 0.25) is 0 Å². The van der Waals surface area contributed by atoms with Crippen molar-refractivity contribution in [3.05, 3.63) is 170 Å². The molecule has 6 aromatic carbocycles. The molecule has 1 heterocycles. The lowest BCUT2D eigenvalue weighted by Gasteiger charge is -2.26. The molecule has 0 aliphatic carbocycles. The van der Waals surface area contributed by atoms with Gasteiger partial charge < -0.3 is 9.47 Å². The van der Waals surface area contributed by atoms with Crippen molar-refractivity contribution in [1.82, 2.24) is 4.57 Å². The number of rotatable bonds is 6. The fourth-order valence-corrected chi connectivity index (χ4v) is 5.40. The van der Waals surface area contributed by atoms with Gasteiger partial charge in [-0.2, -0.15) is 0 Å². The molecule has 7 aromatic rings. The SMILES string of the molecule is c1ccc(-c2ccc(N(c3ccc(-c4ccccc4)cc3)c3ccc4c(ccn4-c4ccccc4)c3)cc2)cc1. The minimum atomic E-state index is 1.12. The molecule has 2 heteroatoms. The molecule has 0 aliphatic rings. The van der Waals surface area contributed by atoms with E-state index in [1.54, 1.807) is 0 Å². The van der Waals surface area contributed by atoms with Gasteiger partial charge in [-0.1, -0.05) is 103 Å². The zero-order valence-corrected chi connectivity index (χ0v) is 22.1. The third kappa shape index (κ3) is 4.57. The van der Waals surface area contributed by atoms with Gasteiger partial charge in [0.2, 0.25) is 0 Å². The van der Waals surface area contributed by atoms with Gasteiger partial charge in [0, 0.05) is 34.3 Å². The summed E-state index contributed by atoms with van der Waals surface area (Å²) in [6.45, 7) is 0. The number of hydrogen-bond acceptors (Lipinski definition) is 1. The van der Waals surface area contributed by atoms with Gasteiger partial charge in [-0.3, -0.25) is 0 Å². The van der Waals surface area contributed by atoms with Crippen LogP contribution < -0.4 is 4.90 Å². The van der Waals surface area contributed by atoms with Crippen molar-refractivity contribution >= 4 is 28.0 Å².